The Hall–Kier alpha value is -4.93. The van der Waals surface area contributed by atoms with Gasteiger partial charge in [-0.2, -0.15) is 0 Å². The van der Waals surface area contributed by atoms with Crippen molar-refractivity contribution in [2.24, 2.45) is 0 Å². The molecule has 0 aliphatic heterocycles. The van der Waals surface area contributed by atoms with Gasteiger partial charge >= 0.3 is 18.3 Å². The van der Waals surface area contributed by atoms with Gasteiger partial charge in [-0.25, -0.2) is 14.4 Å². The lowest BCUT2D eigenvalue weighted by Crippen LogP contribution is -2.43. The van der Waals surface area contributed by atoms with Gasteiger partial charge in [0, 0.05) is 26.2 Å². The van der Waals surface area contributed by atoms with Crippen LogP contribution in [-0.4, -0.2) is 72.2 Å². The molecule has 47 heavy (non-hydrogen) atoms. The number of benzene rings is 3. The number of alkyl carbamates (subject to hydrolysis) is 1. The van der Waals surface area contributed by atoms with E-state index in [0.29, 0.717) is 37.3 Å². The van der Waals surface area contributed by atoms with Crippen molar-refractivity contribution >= 4 is 18.3 Å². The maximum Gasteiger partial charge on any atom is 0.410 e. The van der Waals surface area contributed by atoms with Crippen molar-refractivity contribution in [3.63, 3.8) is 0 Å². The van der Waals surface area contributed by atoms with Crippen molar-refractivity contribution in [2.75, 3.05) is 27.4 Å². The van der Waals surface area contributed by atoms with Crippen LogP contribution in [0.15, 0.2) is 78.9 Å². The fourth-order valence-electron chi connectivity index (χ4n) is 4.76. The molecule has 3 amide bonds. The number of carbonyl (C=O) groups is 3. The molecule has 0 spiro atoms. The Bertz CT molecular complexity index is 1340. The number of hydrogen-bond donors (Lipinski definition) is 2. The zero-order chi connectivity index (χ0) is 34.2. The number of nitrogens with zero attached hydrogens (tertiary/aromatic N) is 2. The van der Waals surface area contributed by atoms with E-state index in [1.165, 1.54) is 4.90 Å². The Labute approximate surface area is 277 Å². The molecule has 0 bridgehead atoms. The molecular weight excluding hydrogens is 602 g/mol. The zero-order valence-corrected chi connectivity index (χ0v) is 27.9. The van der Waals surface area contributed by atoms with E-state index in [2.05, 4.69) is 5.32 Å². The normalized spacial score (nSPS) is 11.6. The van der Waals surface area contributed by atoms with Gasteiger partial charge in [-0.1, -0.05) is 54.6 Å². The van der Waals surface area contributed by atoms with E-state index in [0.717, 1.165) is 16.7 Å². The number of carbonyl (C=O) groups excluding carboxylic acids is 2. The lowest BCUT2D eigenvalue weighted by molar-refractivity contribution is 0.0442. The lowest BCUT2D eigenvalue weighted by Gasteiger charge is -2.26. The quantitative estimate of drug-likeness (QED) is 0.158. The number of ether oxygens (including phenoxy) is 4. The van der Waals surface area contributed by atoms with Crippen LogP contribution in [0.1, 0.15) is 56.7 Å². The first-order valence-electron chi connectivity index (χ1n) is 15.6. The maximum absolute atomic E-state index is 13.5. The number of unbranched alkanes of at least 4 members (excludes halogenated alkanes) is 1. The van der Waals surface area contributed by atoms with Gasteiger partial charge in [0.15, 0.2) is 0 Å². The highest BCUT2D eigenvalue weighted by Gasteiger charge is 2.23. The summed E-state index contributed by atoms with van der Waals surface area (Å²) in [5.41, 5.74) is 1.97. The van der Waals surface area contributed by atoms with Crippen LogP contribution in [0.2, 0.25) is 0 Å². The largest absolute Gasteiger partial charge is 0.497 e. The minimum absolute atomic E-state index is 0.0908. The van der Waals surface area contributed by atoms with Gasteiger partial charge in [0.2, 0.25) is 0 Å². The molecule has 0 heterocycles. The van der Waals surface area contributed by atoms with Gasteiger partial charge in [0.25, 0.3) is 0 Å². The second-order valence-electron chi connectivity index (χ2n) is 12.2. The molecule has 0 unspecified atom stereocenters. The number of nitrogens with one attached hydrogen (secondary N) is 1. The van der Waals surface area contributed by atoms with Gasteiger partial charge in [-0.15, -0.1) is 0 Å². The number of amides is 3. The number of carboxylic acid groups (broad SMARTS) is 1. The lowest BCUT2D eigenvalue weighted by atomic mass is 10.1. The monoisotopic (exact) mass is 649 g/mol. The fourth-order valence-corrected chi connectivity index (χ4v) is 4.76. The molecule has 0 aliphatic carbocycles. The van der Waals surface area contributed by atoms with Crippen LogP contribution in [0.25, 0.3) is 0 Å². The van der Waals surface area contributed by atoms with Crippen molar-refractivity contribution in [2.45, 2.75) is 71.3 Å². The Kier molecular flexibility index (Phi) is 14.2. The molecule has 3 aromatic carbocycles. The molecule has 11 nitrogen and oxygen atoms in total. The van der Waals surface area contributed by atoms with Crippen LogP contribution < -0.4 is 14.8 Å². The second kappa shape index (κ2) is 18.3. The van der Waals surface area contributed by atoms with Crippen LogP contribution >= 0.6 is 0 Å². The minimum Gasteiger partial charge on any atom is -0.497 e. The molecule has 2 N–H and O–H groups in total. The van der Waals surface area contributed by atoms with Crippen molar-refractivity contribution in [3.8, 4) is 11.5 Å². The van der Waals surface area contributed by atoms with Crippen LogP contribution in [0, 0.1) is 0 Å². The summed E-state index contributed by atoms with van der Waals surface area (Å²) in [5, 5.41) is 12.5. The second-order valence-corrected chi connectivity index (χ2v) is 12.2. The van der Waals surface area contributed by atoms with Crippen LogP contribution in [-0.2, 0) is 29.1 Å². The van der Waals surface area contributed by atoms with E-state index < -0.39 is 29.9 Å². The molecule has 11 heteroatoms. The van der Waals surface area contributed by atoms with Crippen molar-refractivity contribution < 1.29 is 38.4 Å². The topological polar surface area (TPSA) is 127 Å². The standard InChI is InChI=1S/C36H47N3O8/c1-36(2,3)47-33(40)37-30(13-9-10-22-38(34(41)42)23-27-11-7-6-8-12-27)26-46-35(43)39(24-28-14-18-31(44-4)19-15-28)25-29-16-20-32(45-5)21-17-29/h6-8,11-12,14-21,30H,9-10,13,22-26H2,1-5H3,(H,37,40)(H,41,42)/t30-/m0/s1. The fraction of sp³-hybridized carbons (Fsp3) is 0.417. The highest BCUT2D eigenvalue weighted by Crippen LogP contribution is 2.18. The van der Waals surface area contributed by atoms with Gasteiger partial charge < -0.3 is 34.3 Å². The van der Waals surface area contributed by atoms with Crippen molar-refractivity contribution in [1.29, 1.82) is 0 Å². The van der Waals surface area contributed by atoms with Crippen LogP contribution in [0.3, 0.4) is 0 Å². The third-order valence-corrected chi connectivity index (χ3v) is 7.17. The molecule has 0 aliphatic rings. The average molecular weight is 650 g/mol. The first kappa shape index (κ1) is 36.5. The van der Waals surface area contributed by atoms with Crippen molar-refractivity contribution in [3.05, 3.63) is 95.6 Å². The van der Waals surface area contributed by atoms with Gasteiger partial charge in [-0.3, -0.25) is 4.90 Å². The molecule has 1 atom stereocenters. The Morgan fingerprint density at radius 3 is 1.74 bits per heavy atom. The van der Waals surface area contributed by atoms with Crippen LogP contribution in [0.5, 0.6) is 11.5 Å². The average Bonchev–Trinajstić information content (AvgIpc) is 3.04. The van der Waals surface area contributed by atoms with Crippen LogP contribution in [0.4, 0.5) is 14.4 Å². The molecule has 0 radical (unpaired) electrons. The van der Waals surface area contributed by atoms with E-state index in [1.807, 2.05) is 78.9 Å². The van der Waals surface area contributed by atoms with E-state index in [-0.39, 0.29) is 26.2 Å². The summed E-state index contributed by atoms with van der Waals surface area (Å²) in [5.74, 6) is 1.42. The Morgan fingerprint density at radius 2 is 1.26 bits per heavy atom. The molecule has 0 fully saturated rings. The summed E-state index contributed by atoms with van der Waals surface area (Å²) in [7, 11) is 3.19. The van der Waals surface area contributed by atoms with Gasteiger partial charge in [0.1, 0.15) is 23.7 Å². The van der Waals surface area contributed by atoms with Gasteiger partial charge in [-0.05, 0) is 81.0 Å². The molecule has 3 aromatic rings. The number of methoxy groups -OCH3 is 2. The van der Waals surface area contributed by atoms with E-state index in [9.17, 15) is 19.5 Å². The summed E-state index contributed by atoms with van der Waals surface area (Å²) >= 11 is 0. The Balaban J connectivity index is 1.67. The first-order valence-corrected chi connectivity index (χ1v) is 15.6. The predicted octanol–water partition coefficient (Wildman–Crippen LogP) is 7.09. The van der Waals surface area contributed by atoms with E-state index >= 15 is 0 Å². The summed E-state index contributed by atoms with van der Waals surface area (Å²) in [6.07, 6.45) is -0.586. The maximum atomic E-state index is 13.5. The molecule has 254 valence electrons. The van der Waals surface area contributed by atoms with Gasteiger partial charge in [0.05, 0.1) is 20.3 Å². The molecule has 0 saturated heterocycles. The first-order chi connectivity index (χ1) is 22.5. The highest BCUT2D eigenvalue weighted by molar-refractivity contribution is 5.69. The third kappa shape index (κ3) is 13.5. The van der Waals surface area contributed by atoms with E-state index in [1.54, 1.807) is 39.9 Å². The smallest absolute Gasteiger partial charge is 0.410 e. The third-order valence-electron chi connectivity index (χ3n) is 7.17. The highest BCUT2D eigenvalue weighted by atomic mass is 16.6. The molecular formula is C36H47N3O8. The predicted molar refractivity (Wildman–Crippen MR) is 178 cm³/mol. The molecule has 0 saturated carbocycles. The van der Waals surface area contributed by atoms with Crippen molar-refractivity contribution in [1.82, 2.24) is 15.1 Å². The molecule has 3 rings (SSSR count). The SMILES string of the molecule is COc1ccc(CN(Cc2ccc(OC)cc2)C(=O)OC[C@H](CCCCN(Cc2ccccc2)C(=O)O)NC(=O)OC(C)(C)C)cc1. The summed E-state index contributed by atoms with van der Waals surface area (Å²) < 4.78 is 21.8. The summed E-state index contributed by atoms with van der Waals surface area (Å²) in [6.45, 7) is 6.39. The zero-order valence-electron chi connectivity index (χ0n) is 27.9. The summed E-state index contributed by atoms with van der Waals surface area (Å²) in [6, 6.07) is 23.7. The Morgan fingerprint density at radius 1 is 0.745 bits per heavy atom. The number of hydrogen-bond acceptors (Lipinski definition) is 7. The van der Waals surface area contributed by atoms with E-state index in [4.69, 9.17) is 18.9 Å². The minimum atomic E-state index is -1.000. The molecule has 0 aromatic heterocycles. The number of rotatable bonds is 16. The summed E-state index contributed by atoms with van der Waals surface area (Å²) in [4.78, 5) is 41.0.